The molecule has 0 aromatic heterocycles. The van der Waals surface area contributed by atoms with E-state index in [-0.39, 0.29) is 35.3 Å². The lowest BCUT2D eigenvalue weighted by Gasteiger charge is -2.20. The van der Waals surface area contributed by atoms with Crippen LogP contribution in [-0.2, 0) is 4.79 Å². The number of rotatable bonds is 5. The summed E-state index contributed by atoms with van der Waals surface area (Å²) in [7, 11) is 0. The van der Waals surface area contributed by atoms with Crippen LogP contribution in [0.2, 0.25) is 0 Å². The fourth-order valence-corrected chi connectivity index (χ4v) is 1.81. The summed E-state index contributed by atoms with van der Waals surface area (Å²) in [5.41, 5.74) is 6.37. The Labute approximate surface area is 130 Å². The van der Waals surface area contributed by atoms with Crippen molar-refractivity contribution in [3.63, 3.8) is 0 Å². The standard InChI is InChI=1S/C15H21N3O2S/c1-15(2,3)18-12(19)7-8-17-14(20)11-6-4-5-10(9-11)13(16)21/h4-6,9H,7-8H2,1-3H3,(H2,16,21)(H,17,20)(H,18,19). The monoisotopic (exact) mass is 307 g/mol. The van der Waals surface area contributed by atoms with E-state index in [1.807, 2.05) is 20.8 Å². The highest BCUT2D eigenvalue weighted by Crippen LogP contribution is 2.05. The molecule has 6 heteroatoms. The number of carbonyl (C=O) groups is 2. The highest BCUT2D eigenvalue weighted by molar-refractivity contribution is 7.80. The molecule has 0 unspecified atom stereocenters. The molecule has 1 aromatic rings. The molecule has 0 aliphatic carbocycles. The van der Waals surface area contributed by atoms with Gasteiger partial charge in [-0.25, -0.2) is 0 Å². The van der Waals surface area contributed by atoms with Crippen LogP contribution in [0, 0.1) is 0 Å². The van der Waals surface area contributed by atoms with Gasteiger partial charge in [-0.2, -0.15) is 0 Å². The Bertz CT molecular complexity index is 550. The second-order valence-electron chi connectivity index (χ2n) is 5.75. The Morgan fingerprint density at radius 3 is 2.43 bits per heavy atom. The summed E-state index contributed by atoms with van der Waals surface area (Å²) in [6.45, 7) is 6.00. The van der Waals surface area contributed by atoms with Gasteiger partial charge >= 0.3 is 0 Å². The molecule has 0 saturated heterocycles. The number of hydrogen-bond donors (Lipinski definition) is 3. The van der Waals surface area contributed by atoms with E-state index in [2.05, 4.69) is 10.6 Å². The van der Waals surface area contributed by atoms with Crippen molar-refractivity contribution in [3.8, 4) is 0 Å². The van der Waals surface area contributed by atoms with Crippen molar-refractivity contribution >= 4 is 29.0 Å². The van der Waals surface area contributed by atoms with Crippen molar-refractivity contribution in [2.75, 3.05) is 6.54 Å². The number of carbonyl (C=O) groups excluding carboxylic acids is 2. The Balaban J connectivity index is 2.49. The molecule has 2 amide bonds. The minimum atomic E-state index is -0.272. The smallest absolute Gasteiger partial charge is 0.251 e. The molecule has 1 aromatic carbocycles. The average molecular weight is 307 g/mol. The number of nitrogens with one attached hydrogen (secondary N) is 2. The summed E-state index contributed by atoms with van der Waals surface area (Å²) in [6.07, 6.45) is 0.234. The Hall–Kier alpha value is -1.95. The third-order valence-corrected chi connectivity index (χ3v) is 2.80. The van der Waals surface area contributed by atoms with Crippen molar-refractivity contribution in [1.29, 1.82) is 0 Å². The maximum absolute atomic E-state index is 12.0. The van der Waals surface area contributed by atoms with Crippen molar-refractivity contribution in [1.82, 2.24) is 10.6 Å². The number of nitrogens with two attached hydrogens (primary N) is 1. The van der Waals surface area contributed by atoms with Gasteiger partial charge in [-0.3, -0.25) is 9.59 Å². The maximum atomic E-state index is 12.0. The van der Waals surface area contributed by atoms with Crippen LogP contribution in [0.3, 0.4) is 0 Å². The Kier molecular flexibility index (Phi) is 5.84. The van der Waals surface area contributed by atoms with Crippen molar-refractivity contribution in [2.24, 2.45) is 5.73 Å². The molecule has 0 spiro atoms. The van der Waals surface area contributed by atoms with Crippen molar-refractivity contribution in [3.05, 3.63) is 35.4 Å². The van der Waals surface area contributed by atoms with Crippen LogP contribution in [-0.4, -0.2) is 28.9 Å². The first-order chi connectivity index (χ1) is 9.69. The SMILES string of the molecule is CC(C)(C)NC(=O)CCNC(=O)c1cccc(C(N)=S)c1. The lowest BCUT2D eigenvalue weighted by molar-refractivity contribution is -0.122. The quantitative estimate of drug-likeness (QED) is 0.717. The molecule has 0 saturated carbocycles. The number of hydrogen-bond acceptors (Lipinski definition) is 3. The highest BCUT2D eigenvalue weighted by Gasteiger charge is 2.14. The summed E-state index contributed by atoms with van der Waals surface area (Å²) in [5, 5.41) is 5.53. The molecule has 114 valence electrons. The minimum absolute atomic E-state index is 0.0975. The van der Waals surface area contributed by atoms with E-state index >= 15 is 0 Å². The first-order valence-corrected chi connectivity index (χ1v) is 7.09. The number of thiocarbonyl (C=S) groups is 1. The average Bonchev–Trinajstić information content (AvgIpc) is 2.36. The van der Waals surface area contributed by atoms with E-state index < -0.39 is 0 Å². The van der Waals surface area contributed by atoms with Gasteiger partial charge in [0.2, 0.25) is 5.91 Å². The van der Waals surface area contributed by atoms with Crippen LogP contribution in [0.1, 0.15) is 43.1 Å². The van der Waals surface area contributed by atoms with Crippen LogP contribution >= 0.6 is 12.2 Å². The maximum Gasteiger partial charge on any atom is 0.251 e. The van der Waals surface area contributed by atoms with Crippen LogP contribution < -0.4 is 16.4 Å². The summed E-state index contributed by atoms with van der Waals surface area (Å²) in [4.78, 5) is 23.8. The van der Waals surface area contributed by atoms with Crippen molar-refractivity contribution in [2.45, 2.75) is 32.7 Å². The Morgan fingerprint density at radius 2 is 1.86 bits per heavy atom. The van der Waals surface area contributed by atoms with Crippen molar-refractivity contribution < 1.29 is 9.59 Å². The molecular weight excluding hydrogens is 286 g/mol. The third-order valence-electron chi connectivity index (χ3n) is 2.56. The first kappa shape index (κ1) is 17.1. The van der Waals surface area contributed by atoms with Gasteiger partial charge < -0.3 is 16.4 Å². The molecule has 0 aliphatic rings. The van der Waals surface area contributed by atoms with E-state index in [4.69, 9.17) is 18.0 Å². The van der Waals surface area contributed by atoms with Gasteiger partial charge in [0.1, 0.15) is 4.99 Å². The van der Waals surface area contributed by atoms with Crippen LogP contribution in [0.25, 0.3) is 0 Å². The molecule has 0 bridgehead atoms. The van der Waals surface area contributed by atoms with E-state index in [1.54, 1.807) is 24.3 Å². The molecule has 21 heavy (non-hydrogen) atoms. The molecule has 5 nitrogen and oxygen atoms in total. The van der Waals surface area contributed by atoms with Gasteiger partial charge in [0.05, 0.1) is 0 Å². The predicted octanol–water partition coefficient (Wildman–Crippen LogP) is 1.36. The van der Waals surface area contributed by atoms with Gasteiger partial charge in [-0.05, 0) is 32.9 Å². The van der Waals surface area contributed by atoms with Gasteiger partial charge in [0.25, 0.3) is 5.91 Å². The largest absolute Gasteiger partial charge is 0.389 e. The van der Waals surface area contributed by atoms with Gasteiger partial charge in [-0.15, -0.1) is 0 Å². The predicted molar refractivity (Wildman–Crippen MR) is 87.2 cm³/mol. The molecular formula is C15H21N3O2S. The zero-order chi connectivity index (χ0) is 16.0. The molecule has 0 fully saturated rings. The van der Waals surface area contributed by atoms with E-state index in [1.165, 1.54) is 0 Å². The molecule has 1 rings (SSSR count). The first-order valence-electron chi connectivity index (χ1n) is 6.68. The number of amides is 2. The Morgan fingerprint density at radius 1 is 1.24 bits per heavy atom. The molecule has 0 heterocycles. The lowest BCUT2D eigenvalue weighted by atomic mass is 10.1. The molecule has 4 N–H and O–H groups in total. The minimum Gasteiger partial charge on any atom is -0.389 e. The van der Waals surface area contributed by atoms with Gasteiger partial charge in [-0.1, -0.05) is 24.4 Å². The van der Waals surface area contributed by atoms with E-state index in [9.17, 15) is 9.59 Å². The summed E-state index contributed by atoms with van der Waals surface area (Å²) in [6, 6.07) is 6.77. The van der Waals surface area contributed by atoms with Crippen LogP contribution in [0.5, 0.6) is 0 Å². The zero-order valence-corrected chi connectivity index (χ0v) is 13.3. The third kappa shape index (κ3) is 6.35. The van der Waals surface area contributed by atoms with Crippen LogP contribution in [0.15, 0.2) is 24.3 Å². The highest BCUT2D eigenvalue weighted by atomic mass is 32.1. The van der Waals surface area contributed by atoms with E-state index in [0.717, 1.165) is 0 Å². The molecule has 0 atom stereocenters. The summed E-state index contributed by atoms with van der Waals surface area (Å²) >= 11 is 4.87. The lowest BCUT2D eigenvalue weighted by Crippen LogP contribution is -2.42. The van der Waals surface area contributed by atoms with Gasteiger partial charge in [0.15, 0.2) is 0 Å². The normalized spacial score (nSPS) is 10.8. The fourth-order valence-electron chi connectivity index (χ4n) is 1.69. The topological polar surface area (TPSA) is 84.2 Å². The second-order valence-corrected chi connectivity index (χ2v) is 6.19. The summed E-state index contributed by atoms with van der Waals surface area (Å²) < 4.78 is 0. The molecule has 0 radical (unpaired) electrons. The second kappa shape index (κ2) is 7.17. The van der Waals surface area contributed by atoms with E-state index in [0.29, 0.717) is 11.1 Å². The van der Waals surface area contributed by atoms with Gasteiger partial charge in [0, 0.05) is 29.6 Å². The van der Waals surface area contributed by atoms with Crippen LogP contribution in [0.4, 0.5) is 0 Å². The number of benzene rings is 1. The fraction of sp³-hybridized carbons (Fsp3) is 0.400. The summed E-state index contributed by atoms with van der Waals surface area (Å²) in [5.74, 6) is -0.351. The zero-order valence-electron chi connectivity index (χ0n) is 12.5. The molecule has 0 aliphatic heterocycles.